The maximum absolute atomic E-state index is 11.3. The van der Waals surface area contributed by atoms with E-state index in [-0.39, 0.29) is 5.97 Å². The van der Waals surface area contributed by atoms with Crippen molar-refractivity contribution < 1.29 is 9.53 Å². The first kappa shape index (κ1) is 11.0. The van der Waals surface area contributed by atoms with Crippen LogP contribution in [0.4, 0.5) is 0 Å². The number of hydrogen-bond donors (Lipinski definition) is 0. The minimum Gasteiger partial charge on any atom is -0.462 e. The summed E-state index contributed by atoms with van der Waals surface area (Å²) in [5.41, 5.74) is 1.17. The van der Waals surface area contributed by atoms with Crippen LogP contribution >= 0.6 is 15.9 Å². The summed E-state index contributed by atoms with van der Waals surface area (Å²) in [5.74, 6) is -0.366. The summed E-state index contributed by atoms with van der Waals surface area (Å²) in [5, 5.41) is 0. The van der Waals surface area contributed by atoms with Gasteiger partial charge in [-0.2, -0.15) is 0 Å². The Morgan fingerprint density at radius 2 is 2.00 bits per heavy atom. The van der Waals surface area contributed by atoms with E-state index in [4.69, 9.17) is 4.74 Å². The highest BCUT2D eigenvalue weighted by atomic mass is 79.9. The monoisotopic (exact) mass is 254 g/mol. The zero-order valence-electron chi connectivity index (χ0n) is 7.92. The Balaban J connectivity index is 2.79. The molecule has 0 atom stereocenters. The standard InChI is InChI=1S/C11H11BrO2/c1-3-14-11(13)8(2)9-4-6-10(12)7-5-9/h4-7H,2-3H2,1H3. The van der Waals surface area contributed by atoms with E-state index in [9.17, 15) is 4.79 Å². The van der Waals surface area contributed by atoms with E-state index in [0.717, 1.165) is 10.0 Å². The third kappa shape index (κ3) is 2.70. The Bertz CT molecular complexity index is 341. The minimum atomic E-state index is -0.366. The highest BCUT2D eigenvalue weighted by Crippen LogP contribution is 2.17. The summed E-state index contributed by atoms with van der Waals surface area (Å²) in [6.45, 7) is 5.82. The van der Waals surface area contributed by atoms with E-state index in [2.05, 4.69) is 22.5 Å². The third-order valence-corrected chi connectivity index (χ3v) is 2.24. The Labute approximate surface area is 91.7 Å². The van der Waals surface area contributed by atoms with Gasteiger partial charge in [0.1, 0.15) is 0 Å². The van der Waals surface area contributed by atoms with E-state index >= 15 is 0 Å². The molecule has 0 aliphatic heterocycles. The molecule has 74 valence electrons. The molecular formula is C11H11BrO2. The summed E-state index contributed by atoms with van der Waals surface area (Å²) in [6.07, 6.45) is 0. The van der Waals surface area contributed by atoms with Crippen LogP contribution in [-0.4, -0.2) is 12.6 Å². The van der Waals surface area contributed by atoms with E-state index in [1.54, 1.807) is 6.92 Å². The average Bonchev–Trinajstić information content (AvgIpc) is 2.18. The number of esters is 1. The van der Waals surface area contributed by atoms with Crippen LogP contribution in [0.3, 0.4) is 0 Å². The predicted molar refractivity (Wildman–Crippen MR) is 59.8 cm³/mol. The highest BCUT2D eigenvalue weighted by molar-refractivity contribution is 9.10. The molecular weight excluding hydrogens is 244 g/mol. The highest BCUT2D eigenvalue weighted by Gasteiger charge is 2.09. The van der Waals surface area contributed by atoms with E-state index in [1.165, 1.54) is 0 Å². The van der Waals surface area contributed by atoms with Gasteiger partial charge in [0.15, 0.2) is 0 Å². The lowest BCUT2D eigenvalue weighted by Gasteiger charge is -2.04. The number of rotatable bonds is 3. The molecule has 1 aromatic carbocycles. The number of carbonyl (C=O) groups excluding carboxylic acids is 1. The van der Waals surface area contributed by atoms with Crippen LogP contribution in [0.5, 0.6) is 0 Å². The van der Waals surface area contributed by atoms with E-state index in [0.29, 0.717) is 12.2 Å². The van der Waals surface area contributed by atoms with Gasteiger partial charge in [-0.1, -0.05) is 34.6 Å². The van der Waals surface area contributed by atoms with Crippen LogP contribution in [0, 0.1) is 0 Å². The van der Waals surface area contributed by atoms with Crippen LogP contribution < -0.4 is 0 Å². The maximum atomic E-state index is 11.3. The molecule has 0 heterocycles. The molecule has 2 nitrogen and oxygen atoms in total. The molecule has 0 bridgehead atoms. The van der Waals surface area contributed by atoms with Crippen molar-refractivity contribution in [2.24, 2.45) is 0 Å². The van der Waals surface area contributed by atoms with Gasteiger partial charge < -0.3 is 4.74 Å². The molecule has 0 amide bonds. The SMILES string of the molecule is C=C(C(=O)OCC)c1ccc(Br)cc1. The third-order valence-electron chi connectivity index (χ3n) is 1.71. The summed E-state index contributed by atoms with van der Waals surface area (Å²) >= 11 is 3.32. The van der Waals surface area contributed by atoms with Gasteiger partial charge in [-0.05, 0) is 24.6 Å². The molecule has 14 heavy (non-hydrogen) atoms. The van der Waals surface area contributed by atoms with Crippen molar-refractivity contribution in [3.63, 3.8) is 0 Å². The summed E-state index contributed by atoms with van der Waals surface area (Å²) in [4.78, 5) is 11.3. The van der Waals surface area contributed by atoms with Gasteiger partial charge in [-0.3, -0.25) is 0 Å². The lowest BCUT2D eigenvalue weighted by atomic mass is 10.1. The second-order valence-electron chi connectivity index (χ2n) is 2.71. The molecule has 1 rings (SSSR count). The number of hydrogen-bond acceptors (Lipinski definition) is 2. The first-order valence-electron chi connectivity index (χ1n) is 4.27. The van der Waals surface area contributed by atoms with Gasteiger partial charge in [-0.25, -0.2) is 4.79 Å². The Morgan fingerprint density at radius 1 is 1.43 bits per heavy atom. The first-order valence-corrected chi connectivity index (χ1v) is 5.06. The van der Waals surface area contributed by atoms with Crippen molar-refractivity contribution in [3.8, 4) is 0 Å². The Hall–Kier alpha value is -1.09. The molecule has 0 aliphatic carbocycles. The van der Waals surface area contributed by atoms with Crippen LogP contribution in [0.1, 0.15) is 12.5 Å². The number of carbonyl (C=O) groups is 1. The second-order valence-corrected chi connectivity index (χ2v) is 3.62. The lowest BCUT2D eigenvalue weighted by Crippen LogP contribution is -2.05. The fourth-order valence-electron chi connectivity index (χ4n) is 0.987. The summed E-state index contributed by atoms with van der Waals surface area (Å²) < 4.78 is 5.81. The smallest absolute Gasteiger partial charge is 0.338 e. The van der Waals surface area contributed by atoms with Gasteiger partial charge in [0.2, 0.25) is 0 Å². The predicted octanol–water partition coefficient (Wildman–Crippen LogP) is 3.03. The van der Waals surface area contributed by atoms with Gasteiger partial charge in [0.25, 0.3) is 0 Å². The number of halogens is 1. The molecule has 0 saturated heterocycles. The Morgan fingerprint density at radius 3 is 2.50 bits per heavy atom. The summed E-state index contributed by atoms with van der Waals surface area (Å²) in [7, 11) is 0. The van der Waals surface area contributed by atoms with Crippen LogP contribution in [-0.2, 0) is 9.53 Å². The molecule has 0 saturated carbocycles. The molecule has 0 fully saturated rings. The number of benzene rings is 1. The molecule has 0 N–H and O–H groups in total. The Kier molecular flexibility index (Phi) is 3.89. The van der Waals surface area contributed by atoms with Crippen molar-refractivity contribution in [1.82, 2.24) is 0 Å². The molecule has 3 heteroatoms. The van der Waals surface area contributed by atoms with Crippen molar-refractivity contribution in [2.75, 3.05) is 6.61 Å². The minimum absolute atomic E-state index is 0.366. The largest absolute Gasteiger partial charge is 0.462 e. The van der Waals surface area contributed by atoms with Gasteiger partial charge in [0.05, 0.1) is 12.2 Å². The fraction of sp³-hybridized carbons (Fsp3) is 0.182. The fourth-order valence-corrected chi connectivity index (χ4v) is 1.25. The topological polar surface area (TPSA) is 26.3 Å². The molecule has 0 spiro atoms. The molecule has 0 unspecified atom stereocenters. The molecule has 0 aliphatic rings. The first-order chi connectivity index (χ1) is 6.65. The van der Waals surface area contributed by atoms with Gasteiger partial charge >= 0.3 is 5.97 Å². The van der Waals surface area contributed by atoms with Crippen LogP contribution in [0.15, 0.2) is 35.3 Å². The maximum Gasteiger partial charge on any atom is 0.338 e. The van der Waals surface area contributed by atoms with Gasteiger partial charge in [-0.15, -0.1) is 0 Å². The molecule has 0 radical (unpaired) electrons. The lowest BCUT2D eigenvalue weighted by molar-refractivity contribution is -0.136. The van der Waals surface area contributed by atoms with Crippen LogP contribution in [0.2, 0.25) is 0 Å². The van der Waals surface area contributed by atoms with Crippen molar-refractivity contribution >= 4 is 27.5 Å². The zero-order valence-corrected chi connectivity index (χ0v) is 9.50. The van der Waals surface area contributed by atoms with Crippen molar-refractivity contribution in [2.45, 2.75) is 6.92 Å². The molecule has 0 aromatic heterocycles. The van der Waals surface area contributed by atoms with Crippen molar-refractivity contribution in [1.29, 1.82) is 0 Å². The second kappa shape index (κ2) is 4.96. The quantitative estimate of drug-likeness (QED) is 0.613. The average molecular weight is 255 g/mol. The van der Waals surface area contributed by atoms with Crippen LogP contribution in [0.25, 0.3) is 5.57 Å². The molecule has 1 aromatic rings. The zero-order chi connectivity index (χ0) is 10.6. The number of ether oxygens (including phenoxy) is 1. The summed E-state index contributed by atoms with van der Waals surface area (Å²) in [6, 6.07) is 7.37. The van der Waals surface area contributed by atoms with Gasteiger partial charge in [0, 0.05) is 4.47 Å². The normalized spacial score (nSPS) is 9.57. The van der Waals surface area contributed by atoms with E-state index in [1.807, 2.05) is 24.3 Å². The van der Waals surface area contributed by atoms with E-state index < -0.39 is 0 Å². The van der Waals surface area contributed by atoms with Crippen molar-refractivity contribution in [3.05, 3.63) is 40.9 Å².